The Morgan fingerprint density at radius 2 is 1.68 bits per heavy atom. The zero-order valence-electron chi connectivity index (χ0n) is 16.7. The smallest absolute Gasteiger partial charge is 0.263 e. The number of allylic oxidation sites excluding steroid dienone is 1. The Morgan fingerprint density at radius 1 is 1.00 bits per heavy atom. The minimum atomic E-state index is -3.84. The Morgan fingerprint density at radius 3 is 2.32 bits per heavy atom. The van der Waals surface area contributed by atoms with Crippen molar-refractivity contribution in [3.05, 3.63) is 82.8 Å². The van der Waals surface area contributed by atoms with Gasteiger partial charge in [-0.1, -0.05) is 24.3 Å². The summed E-state index contributed by atoms with van der Waals surface area (Å²) < 4.78 is 27.7. The molecule has 1 aliphatic carbocycles. The molecule has 0 fully saturated rings. The molecule has 0 saturated heterocycles. The first-order chi connectivity index (χ1) is 14.7. The number of rotatable bonds is 5. The van der Waals surface area contributed by atoms with E-state index in [0.717, 1.165) is 0 Å². The zero-order chi connectivity index (χ0) is 22.2. The third-order valence-electron chi connectivity index (χ3n) is 4.62. The number of ketones is 1. The van der Waals surface area contributed by atoms with Crippen LogP contribution >= 0.6 is 0 Å². The fourth-order valence-corrected chi connectivity index (χ4v) is 4.21. The first-order valence-electron chi connectivity index (χ1n) is 9.31. The summed E-state index contributed by atoms with van der Waals surface area (Å²) in [5, 5.41) is 10.3. The van der Waals surface area contributed by atoms with Gasteiger partial charge >= 0.3 is 0 Å². The summed E-state index contributed by atoms with van der Waals surface area (Å²) in [7, 11) is -3.84. The SMILES string of the molecule is Cc1cc(NS(=O)(=O)c2ccc(N=CC3=C(O)c4ccccc4C3=O)cc2)nc(C)n1. The van der Waals surface area contributed by atoms with Gasteiger partial charge in [0.15, 0.2) is 5.78 Å². The number of aliphatic hydroxyl groups excluding tert-OH is 1. The minimum absolute atomic E-state index is 0.0341. The van der Waals surface area contributed by atoms with Gasteiger partial charge in [-0.25, -0.2) is 18.4 Å². The van der Waals surface area contributed by atoms with Gasteiger partial charge in [-0.15, -0.1) is 0 Å². The Balaban J connectivity index is 1.53. The van der Waals surface area contributed by atoms with Crippen LogP contribution in [0.1, 0.15) is 27.4 Å². The number of nitrogens with one attached hydrogen (secondary N) is 1. The molecule has 0 bridgehead atoms. The van der Waals surface area contributed by atoms with Crippen molar-refractivity contribution in [2.75, 3.05) is 4.72 Å². The van der Waals surface area contributed by atoms with Crippen molar-refractivity contribution in [1.82, 2.24) is 9.97 Å². The van der Waals surface area contributed by atoms with Crippen LogP contribution in [0.25, 0.3) is 5.76 Å². The lowest BCUT2D eigenvalue weighted by Gasteiger charge is -2.08. The molecule has 0 saturated carbocycles. The van der Waals surface area contributed by atoms with Crippen molar-refractivity contribution in [3.63, 3.8) is 0 Å². The van der Waals surface area contributed by atoms with E-state index in [-0.39, 0.29) is 27.8 Å². The van der Waals surface area contributed by atoms with Crippen molar-refractivity contribution < 1.29 is 18.3 Å². The number of fused-ring (bicyclic) bond motifs is 1. The van der Waals surface area contributed by atoms with E-state index < -0.39 is 10.0 Å². The molecular weight excluding hydrogens is 416 g/mol. The van der Waals surface area contributed by atoms with Gasteiger partial charge in [-0.2, -0.15) is 0 Å². The van der Waals surface area contributed by atoms with Crippen molar-refractivity contribution in [2.45, 2.75) is 18.7 Å². The number of sulfonamides is 1. The zero-order valence-corrected chi connectivity index (χ0v) is 17.5. The summed E-state index contributed by atoms with van der Waals surface area (Å²) in [5.41, 5.74) is 2.06. The lowest BCUT2D eigenvalue weighted by Crippen LogP contribution is -2.14. The van der Waals surface area contributed by atoms with Crippen LogP contribution in [0.5, 0.6) is 0 Å². The van der Waals surface area contributed by atoms with E-state index in [4.69, 9.17) is 0 Å². The number of benzene rings is 2. The van der Waals surface area contributed by atoms with Crippen molar-refractivity contribution in [3.8, 4) is 0 Å². The number of nitrogens with zero attached hydrogens (tertiary/aromatic N) is 3. The number of anilines is 1. The normalized spacial score (nSPS) is 13.7. The quantitative estimate of drug-likeness (QED) is 0.590. The second kappa shape index (κ2) is 7.77. The van der Waals surface area contributed by atoms with Crippen LogP contribution in [0, 0.1) is 13.8 Å². The summed E-state index contributed by atoms with van der Waals surface area (Å²) in [6.45, 7) is 3.43. The van der Waals surface area contributed by atoms with E-state index in [1.165, 1.54) is 30.5 Å². The topological polar surface area (TPSA) is 122 Å². The first-order valence-corrected chi connectivity index (χ1v) is 10.8. The molecule has 1 aromatic heterocycles. The van der Waals surface area contributed by atoms with Gasteiger partial charge in [-0.3, -0.25) is 14.5 Å². The third kappa shape index (κ3) is 4.08. The predicted molar refractivity (Wildman–Crippen MR) is 117 cm³/mol. The molecule has 0 aliphatic heterocycles. The first kappa shape index (κ1) is 20.4. The second-order valence-corrected chi connectivity index (χ2v) is 8.62. The highest BCUT2D eigenvalue weighted by atomic mass is 32.2. The fraction of sp³-hybridized carbons (Fsp3) is 0.0909. The molecule has 0 amide bonds. The maximum atomic E-state index is 12.6. The van der Waals surface area contributed by atoms with Crippen LogP contribution in [-0.4, -0.2) is 35.5 Å². The number of hydrogen-bond acceptors (Lipinski definition) is 7. The molecule has 0 spiro atoms. The van der Waals surface area contributed by atoms with Gasteiger partial charge < -0.3 is 5.11 Å². The van der Waals surface area contributed by atoms with E-state index in [1.807, 2.05) is 0 Å². The number of aromatic nitrogens is 2. The third-order valence-corrected chi connectivity index (χ3v) is 5.99. The lowest BCUT2D eigenvalue weighted by molar-refractivity contribution is 0.104. The average molecular weight is 434 g/mol. The van der Waals surface area contributed by atoms with Crippen molar-refractivity contribution in [1.29, 1.82) is 0 Å². The maximum absolute atomic E-state index is 12.6. The van der Waals surface area contributed by atoms with E-state index in [2.05, 4.69) is 19.7 Å². The minimum Gasteiger partial charge on any atom is -0.506 e. The largest absolute Gasteiger partial charge is 0.506 e. The summed E-state index contributed by atoms with van der Waals surface area (Å²) in [6.07, 6.45) is 1.28. The van der Waals surface area contributed by atoms with E-state index in [0.29, 0.717) is 28.3 Å². The average Bonchev–Trinajstić information content (AvgIpc) is 2.96. The molecule has 0 atom stereocenters. The molecule has 31 heavy (non-hydrogen) atoms. The van der Waals surface area contributed by atoms with Gasteiger partial charge in [0.1, 0.15) is 17.4 Å². The van der Waals surface area contributed by atoms with Gasteiger partial charge in [-0.05, 0) is 38.1 Å². The summed E-state index contributed by atoms with van der Waals surface area (Å²) in [6, 6.07) is 14.1. The Kier molecular flexibility index (Phi) is 5.12. The molecule has 1 heterocycles. The molecule has 4 rings (SSSR count). The summed E-state index contributed by atoms with van der Waals surface area (Å²) in [4.78, 5) is 24.9. The molecule has 9 heteroatoms. The molecular formula is C22H18N4O4S. The monoisotopic (exact) mass is 434 g/mol. The Labute approximate surface area is 179 Å². The Bertz CT molecular complexity index is 1340. The molecule has 3 aromatic rings. The van der Waals surface area contributed by atoms with E-state index in [9.17, 15) is 18.3 Å². The van der Waals surface area contributed by atoms with Crippen molar-refractivity contribution in [2.24, 2.45) is 4.99 Å². The highest BCUT2D eigenvalue weighted by Crippen LogP contribution is 2.30. The van der Waals surface area contributed by atoms with Crippen LogP contribution in [-0.2, 0) is 10.0 Å². The number of aliphatic imine (C=N–C) groups is 1. The van der Waals surface area contributed by atoms with Crippen molar-refractivity contribution >= 4 is 39.3 Å². The van der Waals surface area contributed by atoms with Gasteiger partial charge in [0, 0.05) is 29.1 Å². The van der Waals surface area contributed by atoms with Crippen LogP contribution in [0.15, 0.2) is 70.1 Å². The summed E-state index contributed by atoms with van der Waals surface area (Å²) >= 11 is 0. The highest BCUT2D eigenvalue weighted by molar-refractivity contribution is 7.92. The molecule has 0 radical (unpaired) electrons. The molecule has 2 aromatic carbocycles. The molecule has 156 valence electrons. The summed E-state index contributed by atoms with van der Waals surface area (Å²) in [5.74, 6) is 0.219. The van der Waals surface area contributed by atoms with Crippen LogP contribution in [0.3, 0.4) is 0 Å². The number of carbonyl (C=O) groups is 1. The molecule has 0 unspecified atom stereocenters. The second-order valence-electron chi connectivity index (χ2n) is 6.94. The molecule has 8 nitrogen and oxygen atoms in total. The lowest BCUT2D eigenvalue weighted by atomic mass is 10.1. The standard InChI is InChI=1S/C22H18N4O4S/c1-13-11-20(25-14(2)24-13)26-31(29,30)16-9-7-15(8-10-16)23-12-19-21(27)17-5-3-4-6-18(17)22(19)28/h3-12,27H,1-2H3,(H,24,25,26). The predicted octanol–water partition coefficient (Wildman–Crippen LogP) is 3.76. The van der Waals surface area contributed by atoms with Gasteiger partial charge in [0.2, 0.25) is 0 Å². The van der Waals surface area contributed by atoms with E-state index >= 15 is 0 Å². The Hall–Kier alpha value is -3.85. The number of carbonyl (C=O) groups excluding carboxylic acids is 1. The number of Topliss-reactive ketones (excluding diaryl/α,β-unsaturated/α-hetero) is 1. The number of aryl methyl sites for hydroxylation is 2. The molecule has 1 aliphatic rings. The van der Waals surface area contributed by atoms with Gasteiger partial charge in [0.05, 0.1) is 16.2 Å². The highest BCUT2D eigenvalue weighted by Gasteiger charge is 2.27. The van der Waals surface area contributed by atoms with E-state index in [1.54, 1.807) is 44.2 Å². The van der Waals surface area contributed by atoms with Gasteiger partial charge in [0.25, 0.3) is 10.0 Å². The van der Waals surface area contributed by atoms with Crippen LogP contribution in [0.2, 0.25) is 0 Å². The number of aliphatic hydroxyl groups is 1. The number of hydrogen-bond donors (Lipinski definition) is 2. The molecule has 2 N–H and O–H groups in total. The van der Waals surface area contributed by atoms with Crippen LogP contribution in [0.4, 0.5) is 11.5 Å². The van der Waals surface area contributed by atoms with Crippen LogP contribution < -0.4 is 4.72 Å². The fourth-order valence-electron chi connectivity index (χ4n) is 3.22. The maximum Gasteiger partial charge on any atom is 0.263 e.